The van der Waals surface area contributed by atoms with Crippen LogP contribution in [-0.2, 0) is 32.6 Å². The van der Waals surface area contributed by atoms with Gasteiger partial charge < -0.3 is 10.2 Å². The minimum atomic E-state index is -4.29. The van der Waals surface area contributed by atoms with Crippen molar-refractivity contribution in [1.29, 1.82) is 0 Å². The van der Waals surface area contributed by atoms with Crippen molar-refractivity contribution in [3.8, 4) is 0 Å². The van der Waals surface area contributed by atoms with Crippen molar-refractivity contribution in [3.05, 3.63) is 132 Å². The third kappa shape index (κ3) is 8.32. The highest BCUT2D eigenvalue weighted by atomic mass is 32.2. The summed E-state index contributed by atoms with van der Waals surface area (Å²) in [6.45, 7) is 5.34. The first-order valence-corrected chi connectivity index (χ1v) is 16.0. The Morgan fingerprint density at radius 1 is 0.818 bits per heavy atom. The molecule has 2 amide bonds. The van der Waals surface area contributed by atoms with Gasteiger partial charge in [0.05, 0.1) is 10.6 Å². The Kier molecular flexibility index (Phi) is 10.9. The van der Waals surface area contributed by atoms with Gasteiger partial charge in [0.25, 0.3) is 10.0 Å². The number of rotatable bonds is 13. The molecule has 0 aliphatic heterocycles. The lowest BCUT2D eigenvalue weighted by molar-refractivity contribution is -0.140. The van der Waals surface area contributed by atoms with Crippen LogP contribution in [0.1, 0.15) is 37.0 Å². The molecule has 230 valence electrons. The van der Waals surface area contributed by atoms with Gasteiger partial charge in [0.1, 0.15) is 18.4 Å². The van der Waals surface area contributed by atoms with E-state index in [1.165, 1.54) is 17.0 Å². The molecule has 4 rings (SSSR count). The lowest BCUT2D eigenvalue weighted by atomic mass is 10.0. The van der Waals surface area contributed by atoms with Crippen molar-refractivity contribution in [1.82, 2.24) is 10.2 Å². The number of carbonyl (C=O) groups excluding carboxylic acids is 2. The smallest absolute Gasteiger partial charge is 0.264 e. The van der Waals surface area contributed by atoms with Gasteiger partial charge >= 0.3 is 0 Å². The zero-order valence-electron chi connectivity index (χ0n) is 25.2. The van der Waals surface area contributed by atoms with Gasteiger partial charge in [-0.05, 0) is 67.8 Å². The maximum atomic E-state index is 14.4. The Morgan fingerprint density at radius 3 is 2.00 bits per heavy atom. The fourth-order valence-corrected chi connectivity index (χ4v) is 6.16. The average molecular weight is 616 g/mol. The molecule has 0 aliphatic carbocycles. The van der Waals surface area contributed by atoms with Crippen LogP contribution >= 0.6 is 0 Å². The third-order valence-corrected chi connectivity index (χ3v) is 9.26. The van der Waals surface area contributed by atoms with E-state index in [0.717, 1.165) is 33.1 Å². The summed E-state index contributed by atoms with van der Waals surface area (Å²) < 4.78 is 42.6. The van der Waals surface area contributed by atoms with Gasteiger partial charge in [0, 0.05) is 19.0 Å². The molecule has 4 aromatic rings. The van der Waals surface area contributed by atoms with E-state index in [1.807, 2.05) is 75.4 Å². The summed E-state index contributed by atoms with van der Waals surface area (Å²) >= 11 is 0. The highest BCUT2D eigenvalue weighted by Gasteiger charge is 2.35. The molecule has 2 atom stereocenters. The molecular formula is C35H38FN3O4S. The van der Waals surface area contributed by atoms with E-state index >= 15 is 0 Å². The number of sulfonamides is 1. The van der Waals surface area contributed by atoms with Crippen molar-refractivity contribution >= 4 is 27.5 Å². The predicted molar refractivity (Wildman–Crippen MR) is 171 cm³/mol. The van der Waals surface area contributed by atoms with Crippen LogP contribution in [-0.4, -0.2) is 43.8 Å². The lowest BCUT2D eigenvalue weighted by Crippen LogP contribution is -2.54. The fourth-order valence-electron chi connectivity index (χ4n) is 4.74. The van der Waals surface area contributed by atoms with Crippen LogP contribution in [0.15, 0.2) is 114 Å². The number of nitrogens with one attached hydrogen (secondary N) is 1. The van der Waals surface area contributed by atoms with E-state index in [2.05, 4.69) is 5.32 Å². The first-order valence-electron chi connectivity index (χ1n) is 14.6. The van der Waals surface area contributed by atoms with E-state index in [9.17, 15) is 22.4 Å². The first kappa shape index (κ1) is 32.4. The molecule has 0 unspecified atom stereocenters. The van der Waals surface area contributed by atoms with Gasteiger partial charge in [-0.3, -0.25) is 13.9 Å². The number of amides is 2. The van der Waals surface area contributed by atoms with E-state index < -0.39 is 34.3 Å². The standard InChI is InChI=1S/C35H38FN3O4S/c1-4-27(3)37-35(41)33(23-28-11-7-5-8-12-28)38(24-29-17-15-26(2)16-18-29)34(40)25-39(31-13-9-6-10-14-31)44(42,43)32-21-19-30(36)20-22-32/h5-22,27,33H,4,23-25H2,1-3H3,(H,37,41)/t27-,33+/m0/s1. The number of hydrogen-bond acceptors (Lipinski definition) is 4. The summed E-state index contributed by atoms with van der Waals surface area (Å²) in [4.78, 5) is 29.5. The van der Waals surface area contributed by atoms with Crippen molar-refractivity contribution < 1.29 is 22.4 Å². The molecule has 0 bridgehead atoms. The van der Waals surface area contributed by atoms with Gasteiger partial charge in [0.2, 0.25) is 11.8 Å². The topological polar surface area (TPSA) is 86.8 Å². The summed E-state index contributed by atoms with van der Waals surface area (Å²) in [7, 11) is -4.29. The molecule has 0 spiro atoms. The normalized spacial score (nSPS) is 12.6. The van der Waals surface area contributed by atoms with Gasteiger partial charge in [-0.15, -0.1) is 0 Å². The number of aryl methyl sites for hydroxylation is 1. The van der Waals surface area contributed by atoms with Crippen LogP contribution in [0.2, 0.25) is 0 Å². The van der Waals surface area contributed by atoms with Crippen molar-refractivity contribution in [3.63, 3.8) is 0 Å². The van der Waals surface area contributed by atoms with Gasteiger partial charge in [-0.1, -0.05) is 85.3 Å². The average Bonchev–Trinajstić information content (AvgIpc) is 3.03. The van der Waals surface area contributed by atoms with Gasteiger partial charge in [0.15, 0.2) is 0 Å². The summed E-state index contributed by atoms with van der Waals surface area (Å²) in [6, 6.07) is 28.8. The fraction of sp³-hybridized carbons (Fsp3) is 0.257. The van der Waals surface area contributed by atoms with Crippen LogP contribution < -0.4 is 9.62 Å². The number of hydrogen-bond donors (Lipinski definition) is 1. The zero-order chi connectivity index (χ0) is 31.7. The Bertz CT molecular complexity index is 1630. The summed E-state index contributed by atoms with van der Waals surface area (Å²) in [5.41, 5.74) is 2.97. The molecule has 4 aromatic carbocycles. The summed E-state index contributed by atoms with van der Waals surface area (Å²) in [5.74, 6) is -1.46. The van der Waals surface area contributed by atoms with Gasteiger partial charge in [-0.2, -0.15) is 0 Å². The monoisotopic (exact) mass is 615 g/mol. The molecule has 1 N–H and O–H groups in total. The maximum Gasteiger partial charge on any atom is 0.264 e. The third-order valence-electron chi connectivity index (χ3n) is 7.47. The highest BCUT2D eigenvalue weighted by molar-refractivity contribution is 7.92. The Labute approximate surface area is 259 Å². The molecule has 0 radical (unpaired) electrons. The number of carbonyl (C=O) groups is 2. The quantitative estimate of drug-likeness (QED) is 0.203. The predicted octanol–water partition coefficient (Wildman–Crippen LogP) is 5.88. The van der Waals surface area contributed by atoms with Crippen LogP contribution in [0.4, 0.5) is 10.1 Å². The molecule has 9 heteroatoms. The Morgan fingerprint density at radius 2 is 1.41 bits per heavy atom. The largest absolute Gasteiger partial charge is 0.352 e. The van der Waals surface area contributed by atoms with E-state index in [0.29, 0.717) is 6.42 Å². The number of halogens is 1. The Hall–Kier alpha value is -4.50. The molecule has 7 nitrogen and oxygen atoms in total. The minimum Gasteiger partial charge on any atom is -0.352 e. The molecular weight excluding hydrogens is 577 g/mol. The van der Waals surface area contributed by atoms with Crippen molar-refractivity contribution in [2.45, 2.75) is 57.1 Å². The van der Waals surface area contributed by atoms with Crippen LogP contribution in [0.25, 0.3) is 0 Å². The minimum absolute atomic E-state index is 0.0871. The molecule has 0 saturated carbocycles. The van der Waals surface area contributed by atoms with Gasteiger partial charge in [-0.25, -0.2) is 12.8 Å². The molecule has 0 fully saturated rings. The molecule has 0 aromatic heterocycles. The molecule has 44 heavy (non-hydrogen) atoms. The number of anilines is 1. The number of nitrogens with zero attached hydrogens (tertiary/aromatic N) is 2. The second-order valence-corrected chi connectivity index (χ2v) is 12.7. The Balaban J connectivity index is 1.78. The number of benzene rings is 4. The second kappa shape index (κ2) is 14.8. The van der Waals surface area contributed by atoms with Crippen molar-refractivity contribution in [2.75, 3.05) is 10.8 Å². The summed E-state index contributed by atoms with van der Waals surface area (Å²) in [5, 5.41) is 3.03. The molecule has 0 aliphatic rings. The maximum absolute atomic E-state index is 14.4. The van der Waals surface area contributed by atoms with Crippen molar-refractivity contribution in [2.24, 2.45) is 0 Å². The zero-order valence-corrected chi connectivity index (χ0v) is 26.0. The highest BCUT2D eigenvalue weighted by Crippen LogP contribution is 2.25. The molecule has 0 saturated heterocycles. The first-order chi connectivity index (χ1) is 21.1. The lowest BCUT2D eigenvalue weighted by Gasteiger charge is -2.34. The van der Waals surface area contributed by atoms with Crippen LogP contribution in [0.5, 0.6) is 0 Å². The molecule has 0 heterocycles. The SMILES string of the molecule is CC[C@H](C)NC(=O)[C@@H](Cc1ccccc1)N(Cc1ccc(C)cc1)C(=O)CN(c1ccccc1)S(=O)(=O)c1ccc(F)cc1. The van der Waals surface area contributed by atoms with E-state index in [1.54, 1.807) is 30.3 Å². The van der Waals surface area contributed by atoms with Crippen LogP contribution in [0.3, 0.4) is 0 Å². The summed E-state index contributed by atoms with van der Waals surface area (Å²) in [6.07, 6.45) is 0.935. The number of para-hydroxylation sites is 1. The second-order valence-electron chi connectivity index (χ2n) is 10.8. The van der Waals surface area contributed by atoms with Crippen LogP contribution in [0, 0.1) is 12.7 Å². The van der Waals surface area contributed by atoms with E-state index in [4.69, 9.17) is 0 Å². The van der Waals surface area contributed by atoms with E-state index in [-0.39, 0.29) is 35.5 Å².